The van der Waals surface area contributed by atoms with E-state index in [4.69, 9.17) is 24.7 Å². The van der Waals surface area contributed by atoms with E-state index in [0.29, 0.717) is 0 Å². The van der Waals surface area contributed by atoms with Crippen LogP contribution in [0.25, 0.3) is 88.2 Å². The molecule has 0 saturated heterocycles. The van der Waals surface area contributed by atoms with E-state index in [1.165, 1.54) is 16.7 Å². The summed E-state index contributed by atoms with van der Waals surface area (Å²) in [5.74, 6) is 1.45. The first-order valence-electron chi connectivity index (χ1n) is 17.1. The zero-order chi connectivity index (χ0) is 33.8. The fourth-order valence-electron chi connectivity index (χ4n) is 7.96. The molecule has 0 fully saturated rings. The Labute approximate surface area is 291 Å². The molecule has 0 atom stereocenters. The highest BCUT2D eigenvalue weighted by Gasteiger charge is 2.19. The maximum atomic E-state index is 6.66. The van der Waals surface area contributed by atoms with Crippen LogP contribution in [0, 0.1) is 13.8 Å². The second kappa shape index (κ2) is 10.3. The van der Waals surface area contributed by atoms with Gasteiger partial charge in [0, 0.05) is 33.3 Å². The lowest BCUT2D eigenvalue weighted by molar-refractivity contribution is 0.484. The van der Waals surface area contributed by atoms with E-state index in [-0.39, 0.29) is 0 Å². The Balaban J connectivity index is 1.12. The van der Waals surface area contributed by atoms with Crippen molar-refractivity contribution in [3.63, 3.8) is 0 Å². The number of imidazole rings is 2. The van der Waals surface area contributed by atoms with Crippen LogP contribution in [-0.2, 0) is 0 Å². The minimum absolute atomic E-state index is 0.724. The van der Waals surface area contributed by atoms with Crippen LogP contribution < -0.4 is 4.74 Å². The van der Waals surface area contributed by atoms with Crippen molar-refractivity contribution in [3.05, 3.63) is 145 Å². The second-order valence-corrected chi connectivity index (χ2v) is 13.2. The molecule has 240 valence electrons. The van der Waals surface area contributed by atoms with Crippen molar-refractivity contribution in [3.8, 4) is 22.8 Å². The summed E-state index contributed by atoms with van der Waals surface area (Å²) in [6, 6.07) is 43.8. The Morgan fingerprint density at radius 1 is 0.451 bits per heavy atom. The molecule has 0 aliphatic carbocycles. The van der Waals surface area contributed by atoms with E-state index in [1.54, 1.807) is 0 Å². The molecular weight excluding hydrogens is 629 g/mol. The summed E-state index contributed by atoms with van der Waals surface area (Å²) in [5, 5.41) is 6.28. The van der Waals surface area contributed by atoms with Crippen molar-refractivity contribution >= 4 is 77.0 Å². The van der Waals surface area contributed by atoms with Crippen molar-refractivity contribution in [2.75, 3.05) is 0 Å². The number of benzene rings is 5. The van der Waals surface area contributed by atoms with E-state index in [1.807, 2.05) is 48.7 Å². The number of aromatic nitrogens is 6. The Morgan fingerprint density at radius 2 is 1.00 bits per heavy atom. The van der Waals surface area contributed by atoms with Gasteiger partial charge in [0.05, 0.1) is 27.8 Å². The Hall–Kier alpha value is -6.86. The molecule has 6 aromatic heterocycles. The Morgan fingerprint density at radius 3 is 1.65 bits per heavy atom. The topological polar surface area (TPSA) is 69.6 Å². The molecule has 11 aromatic rings. The third-order valence-electron chi connectivity index (χ3n) is 10.2. The van der Waals surface area contributed by atoms with Crippen molar-refractivity contribution in [1.82, 2.24) is 28.7 Å². The van der Waals surface area contributed by atoms with Gasteiger partial charge in [-0.05, 0) is 121 Å². The van der Waals surface area contributed by atoms with Crippen molar-refractivity contribution in [2.24, 2.45) is 0 Å². The monoisotopic (exact) mass is 656 g/mol. The smallest absolute Gasteiger partial charge is 0.147 e. The molecule has 5 aromatic carbocycles. The molecule has 0 aliphatic heterocycles. The lowest BCUT2D eigenvalue weighted by Crippen LogP contribution is -1.98. The standard InChI is InChI=1S/C44H28N6O/c1-25-9-7-10-26(2)40(25)37-21-20-32-30-19-17-28(24-34(30)44-47-36-13-4-6-15-39(36)50(44)42(32)48-37)51-27-16-18-29-31-11-8-22-45-41(31)49-38-14-5-3-12-35(38)46-43(49)33(29)23-27/h3-24H,1-2H3. The van der Waals surface area contributed by atoms with Crippen LogP contribution in [0.2, 0.25) is 0 Å². The average Bonchev–Trinajstić information content (AvgIpc) is 3.75. The van der Waals surface area contributed by atoms with Crippen LogP contribution in [0.5, 0.6) is 11.5 Å². The highest BCUT2D eigenvalue weighted by Crippen LogP contribution is 2.38. The SMILES string of the molecule is Cc1cccc(C)c1-c1ccc2c3ccc(Oc4ccc5c6cccnc6n6c7ccccc7nc6c5c4)cc3c3nc4ccccc4n3c2n1. The van der Waals surface area contributed by atoms with Gasteiger partial charge in [-0.2, -0.15) is 0 Å². The van der Waals surface area contributed by atoms with E-state index in [0.717, 1.165) is 94.2 Å². The fourth-order valence-corrected chi connectivity index (χ4v) is 7.96. The molecule has 7 heteroatoms. The van der Waals surface area contributed by atoms with Gasteiger partial charge in [0.15, 0.2) is 0 Å². The number of ether oxygens (including phenoxy) is 1. The van der Waals surface area contributed by atoms with Gasteiger partial charge in [0.1, 0.15) is 34.1 Å². The molecule has 0 unspecified atom stereocenters. The summed E-state index contributed by atoms with van der Waals surface area (Å²) in [6.07, 6.45) is 1.84. The van der Waals surface area contributed by atoms with E-state index >= 15 is 0 Å². The van der Waals surface area contributed by atoms with Crippen LogP contribution in [0.4, 0.5) is 0 Å². The van der Waals surface area contributed by atoms with Gasteiger partial charge in [-0.3, -0.25) is 8.80 Å². The number of pyridine rings is 4. The van der Waals surface area contributed by atoms with Crippen LogP contribution in [0.3, 0.4) is 0 Å². The summed E-state index contributed by atoms with van der Waals surface area (Å²) in [5.41, 5.74) is 11.9. The predicted molar refractivity (Wildman–Crippen MR) is 206 cm³/mol. The Kier molecular flexibility index (Phi) is 5.67. The van der Waals surface area contributed by atoms with Gasteiger partial charge in [0.25, 0.3) is 0 Å². The van der Waals surface area contributed by atoms with Crippen molar-refractivity contribution < 1.29 is 4.74 Å². The molecule has 0 saturated carbocycles. The van der Waals surface area contributed by atoms with Gasteiger partial charge in [-0.1, -0.05) is 42.5 Å². The fraction of sp³-hybridized carbons (Fsp3) is 0.0455. The quantitative estimate of drug-likeness (QED) is 0.177. The minimum atomic E-state index is 0.724. The van der Waals surface area contributed by atoms with E-state index < -0.39 is 0 Å². The van der Waals surface area contributed by atoms with Gasteiger partial charge in [-0.25, -0.2) is 19.9 Å². The van der Waals surface area contributed by atoms with Crippen LogP contribution in [-0.4, -0.2) is 28.7 Å². The number of aryl methyl sites for hydroxylation is 2. The van der Waals surface area contributed by atoms with Gasteiger partial charge >= 0.3 is 0 Å². The molecule has 0 N–H and O–H groups in total. The normalized spacial score (nSPS) is 12.1. The third-order valence-corrected chi connectivity index (χ3v) is 10.2. The second-order valence-electron chi connectivity index (χ2n) is 13.2. The van der Waals surface area contributed by atoms with Crippen LogP contribution >= 0.6 is 0 Å². The molecule has 7 nitrogen and oxygen atoms in total. The number of para-hydroxylation sites is 4. The molecule has 11 rings (SSSR count). The summed E-state index contributed by atoms with van der Waals surface area (Å²) in [6.45, 7) is 4.29. The first-order chi connectivity index (χ1) is 25.1. The lowest BCUT2D eigenvalue weighted by Gasteiger charge is -2.14. The first kappa shape index (κ1) is 28.0. The molecule has 6 heterocycles. The third kappa shape index (κ3) is 4.00. The number of hydrogen-bond acceptors (Lipinski definition) is 5. The lowest BCUT2D eigenvalue weighted by atomic mass is 9.99. The van der Waals surface area contributed by atoms with Crippen molar-refractivity contribution in [1.29, 1.82) is 0 Å². The molecule has 0 aliphatic rings. The number of nitrogens with zero attached hydrogens (tertiary/aromatic N) is 6. The Bertz CT molecular complexity index is 3250. The predicted octanol–water partition coefficient (Wildman–Crippen LogP) is 10.8. The number of hydrogen-bond donors (Lipinski definition) is 0. The highest BCUT2D eigenvalue weighted by molar-refractivity contribution is 6.14. The van der Waals surface area contributed by atoms with Gasteiger partial charge in [0.2, 0.25) is 0 Å². The van der Waals surface area contributed by atoms with Crippen molar-refractivity contribution in [2.45, 2.75) is 13.8 Å². The summed E-state index contributed by atoms with van der Waals surface area (Å²) >= 11 is 0. The minimum Gasteiger partial charge on any atom is -0.457 e. The zero-order valence-electron chi connectivity index (χ0n) is 27.8. The van der Waals surface area contributed by atoms with Gasteiger partial charge < -0.3 is 4.74 Å². The summed E-state index contributed by atoms with van der Waals surface area (Å²) in [7, 11) is 0. The molecule has 0 spiro atoms. The summed E-state index contributed by atoms with van der Waals surface area (Å²) in [4.78, 5) is 20.3. The van der Waals surface area contributed by atoms with E-state index in [2.05, 4.69) is 108 Å². The van der Waals surface area contributed by atoms with Gasteiger partial charge in [-0.15, -0.1) is 0 Å². The molecule has 51 heavy (non-hydrogen) atoms. The van der Waals surface area contributed by atoms with Crippen LogP contribution in [0.1, 0.15) is 11.1 Å². The highest BCUT2D eigenvalue weighted by atomic mass is 16.5. The molecule has 0 amide bonds. The average molecular weight is 657 g/mol. The largest absolute Gasteiger partial charge is 0.457 e. The first-order valence-corrected chi connectivity index (χ1v) is 17.1. The molecular formula is C44H28N6O. The number of rotatable bonds is 3. The summed E-state index contributed by atoms with van der Waals surface area (Å²) < 4.78 is 11.0. The molecule has 0 radical (unpaired) electrons. The zero-order valence-corrected chi connectivity index (χ0v) is 27.8. The molecule has 0 bridgehead atoms. The van der Waals surface area contributed by atoms with Crippen LogP contribution in [0.15, 0.2) is 134 Å². The van der Waals surface area contributed by atoms with E-state index in [9.17, 15) is 0 Å². The number of fused-ring (bicyclic) bond motifs is 16. The maximum Gasteiger partial charge on any atom is 0.147 e. The maximum absolute atomic E-state index is 6.66.